The molecule has 94 valence electrons. The molecule has 17 heavy (non-hydrogen) atoms. The van der Waals surface area contributed by atoms with E-state index < -0.39 is 0 Å². The van der Waals surface area contributed by atoms with Gasteiger partial charge in [-0.3, -0.25) is 4.98 Å². The molecule has 0 bridgehead atoms. The first-order chi connectivity index (χ1) is 8.29. The normalized spacial score (nSPS) is 17.8. The van der Waals surface area contributed by atoms with E-state index in [1.54, 1.807) is 6.07 Å². The molecule has 2 nitrogen and oxygen atoms in total. The van der Waals surface area contributed by atoms with Crippen LogP contribution in [0.4, 0.5) is 4.39 Å². The lowest BCUT2D eigenvalue weighted by Gasteiger charge is -2.26. The van der Waals surface area contributed by atoms with Gasteiger partial charge in [0.25, 0.3) is 0 Å². The third-order valence-electron chi connectivity index (χ3n) is 3.68. The van der Waals surface area contributed by atoms with E-state index in [0.29, 0.717) is 0 Å². The van der Waals surface area contributed by atoms with Crippen molar-refractivity contribution in [3.05, 3.63) is 29.8 Å². The number of halogens is 1. The molecular weight excluding hydrogens is 215 g/mol. The van der Waals surface area contributed by atoms with Crippen molar-refractivity contribution in [2.45, 2.75) is 45.1 Å². The standard InChI is InChI=1S/C14H21FN2/c1-2-13(14-7-6-12(15)10-17-14)16-9-8-11-4-3-5-11/h6-7,10-11,13,16H,2-5,8-9H2,1H3. The lowest BCUT2D eigenvalue weighted by molar-refractivity contribution is 0.286. The first-order valence-electron chi connectivity index (χ1n) is 6.64. The highest BCUT2D eigenvalue weighted by Crippen LogP contribution is 2.29. The zero-order valence-corrected chi connectivity index (χ0v) is 10.5. The van der Waals surface area contributed by atoms with Gasteiger partial charge in [-0.1, -0.05) is 26.2 Å². The van der Waals surface area contributed by atoms with E-state index in [1.807, 2.05) is 0 Å². The maximum absolute atomic E-state index is 12.8. The number of pyridine rings is 1. The van der Waals surface area contributed by atoms with Crippen LogP contribution in [-0.2, 0) is 0 Å². The van der Waals surface area contributed by atoms with Gasteiger partial charge in [0.2, 0.25) is 0 Å². The lowest BCUT2D eigenvalue weighted by Crippen LogP contribution is -2.26. The number of nitrogens with one attached hydrogen (secondary N) is 1. The van der Waals surface area contributed by atoms with Gasteiger partial charge in [0.05, 0.1) is 11.9 Å². The second kappa shape index (κ2) is 6.10. The molecule has 1 fully saturated rings. The van der Waals surface area contributed by atoms with Gasteiger partial charge < -0.3 is 5.32 Å². The molecule has 1 unspecified atom stereocenters. The maximum Gasteiger partial charge on any atom is 0.141 e. The van der Waals surface area contributed by atoms with Crippen LogP contribution in [0.3, 0.4) is 0 Å². The van der Waals surface area contributed by atoms with Crippen molar-refractivity contribution in [1.82, 2.24) is 10.3 Å². The van der Waals surface area contributed by atoms with E-state index in [4.69, 9.17) is 0 Å². The Morgan fingerprint density at radius 2 is 2.29 bits per heavy atom. The second-order valence-electron chi connectivity index (χ2n) is 4.90. The van der Waals surface area contributed by atoms with E-state index in [9.17, 15) is 4.39 Å². The Morgan fingerprint density at radius 1 is 1.47 bits per heavy atom. The second-order valence-corrected chi connectivity index (χ2v) is 4.90. The predicted molar refractivity (Wildman–Crippen MR) is 67.2 cm³/mol. The van der Waals surface area contributed by atoms with Gasteiger partial charge in [-0.2, -0.15) is 0 Å². The molecule has 1 aliphatic rings. The molecule has 0 radical (unpaired) electrons. The fourth-order valence-electron chi connectivity index (χ4n) is 2.29. The minimum Gasteiger partial charge on any atom is -0.309 e. The lowest BCUT2D eigenvalue weighted by atomic mass is 9.83. The summed E-state index contributed by atoms with van der Waals surface area (Å²) in [7, 11) is 0. The van der Waals surface area contributed by atoms with Crippen molar-refractivity contribution in [2.24, 2.45) is 5.92 Å². The zero-order chi connectivity index (χ0) is 12.1. The smallest absolute Gasteiger partial charge is 0.141 e. The molecule has 0 saturated heterocycles. The van der Waals surface area contributed by atoms with Gasteiger partial charge in [-0.05, 0) is 37.4 Å². The Morgan fingerprint density at radius 3 is 2.82 bits per heavy atom. The Kier molecular flexibility index (Phi) is 4.49. The highest BCUT2D eigenvalue weighted by atomic mass is 19.1. The number of rotatable bonds is 6. The van der Waals surface area contributed by atoms with E-state index in [2.05, 4.69) is 17.2 Å². The molecule has 0 aromatic carbocycles. The molecule has 0 aliphatic heterocycles. The van der Waals surface area contributed by atoms with Crippen LogP contribution in [0.2, 0.25) is 0 Å². The SMILES string of the molecule is CCC(NCCC1CCC1)c1ccc(F)cn1. The molecule has 0 amide bonds. The van der Waals surface area contributed by atoms with Gasteiger partial charge in [0.15, 0.2) is 0 Å². The fourth-order valence-corrected chi connectivity index (χ4v) is 2.29. The molecule has 1 aromatic heterocycles. The average Bonchev–Trinajstić information content (AvgIpc) is 2.29. The Labute approximate surface area is 103 Å². The van der Waals surface area contributed by atoms with E-state index in [-0.39, 0.29) is 11.9 Å². The van der Waals surface area contributed by atoms with Gasteiger partial charge >= 0.3 is 0 Å². The third kappa shape index (κ3) is 3.50. The van der Waals surface area contributed by atoms with Gasteiger partial charge in [0, 0.05) is 6.04 Å². The molecule has 1 aliphatic carbocycles. The zero-order valence-electron chi connectivity index (χ0n) is 10.5. The van der Waals surface area contributed by atoms with Gasteiger partial charge in [0.1, 0.15) is 5.82 Å². The first-order valence-corrected chi connectivity index (χ1v) is 6.64. The van der Waals surface area contributed by atoms with Crippen molar-refractivity contribution in [3.63, 3.8) is 0 Å². The topological polar surface area (TPSA) is 24.9 Å². The maximum atomic E-state index is 12.8. The Bertz CT molecular complexity index is 333. The highest BCUT2D eigenvalue weighted by molar-refractivity contribution is 5.09. The largest absolute Gasteiger partial charge is 0.309 e. The molecule has 1 saturated carbocycles. The summed E-state index contributed by atoms with van der Waals surface area (Å²) in [4.78, 5) is 4.14. The number of hydrogen-bond acceptors (Lipinski definition) is 2. The molecule has 1 heterocycles. The van der Waals surface area contributed by atoms with Crippen LogP contribution < -0.4 is 5.32 Å². The summed E-state index contributed by atoms with van der Waals surface area (Å²) in [5, 5.41) is 3.52. The van der Waals surface area contributed by atoms with Gasteiger partial charge in [-0.15, -0.1) is 0 Å². The summed E-state index contributed by atoms with van der Waals surface area (Å²) in [5.74, 6) is 0.666. The predicted octanol–water partition coefficient (Wildman–Crippen LogP) is 3.45. The van der Waals surface area contributed by atoms with E-state index in [1.165, 1.54) is 37.9 Å². The Hall–Kier alpha value is -0.960. The summed E-state index contributed by atoms with van der Waals surface area (Å²) in [5.41, 5.74) is 0.947. The van der Waals surface area contributed by atoms with Crippen LogP contribution in [-0.4, -0.2) is 11.5 Å². The van der Waals surface area contributed by atoms with E-state index >= 15 is 0 Å². The quantitative estimate of drug-likeness (QED) is 0.818. The molecule has 3 heteroatoms. The fraction of sp³-hybridized carbons (Fsp3) is 0.643. The summed E-state index contributed by atoms with van der Waals surface area (Å²) in [6.45, 7) is 3.17. The van der Waals surface area contributed by atoms with Crippen LogP contribution in [0.5, 0.6) is 0 Å². The first kappa shape index (κ1) is 12.5. The molecule has 2 rings (SSSR count). The minimum atomic E-state index is -0.266. The summed E-state index contributed by atoms with van der Waals surface area (Å²) >= 11 is 0. The van der Waals surface area contributed by atoms with E-state index in [0.717, 1.165) is 24.6 Å². The van der Waals surface area contributed by atoms with Crippen molar-refractivity contribution in [2.75, 3.05) is 6.54 Å². The van der Waals surface area contributed by atoms with Crippen molar-refractivity contribution in [3.8, 4) is 0 Å². The number of nitrogens with zero attached hydrogens (tertiary/aromatic N) is 1. The third-order valence-corrected chi connectivity index (χ3v) is 3.68. The highest BCUT2D eigenvalue weighted by Gasteiger charge is 2.17. The monoisotopic (exact) mass is 236 g/mol. The molecule has 1 N–H and O–H groups in total. The molecular formula is C14H21FN2. The van der Waals surface area contributed by atoms with Crippen molar-refractivity contribution < 1.29 is 4.39 Å². The molecule has 1 atom stereocenters. The number of hydrogen-bond donors (Lipinski definition) is 1. The molecule has 0 spiro atoms. The van der Waals surface area contributed by atoms with Gasteiger partial charge in [-0.25, -0.2) is 4.39 Å². The summed E-state index contributed by atoms with van der Waals surface area (Å²) in [6.07, 6.45) is 7.74. The summed E-state index contributed by atoms with van der Waals surface area (Å²) in [6, 6.07) is 3.52. The van der Waals surface area contributed by atoms with Crippen molar-refractivity contribution >= 4 is 0 Å². The van der Waals surface area contributed by atoms with Crippen LogP contribution in [0.15, 0.2) is 18.3 Å². The van der Waals surface area contributed by atoms with Crippen LogP contribution >= 0.6 is 0 Å². The van der Waals surface area contributed by atoms with Crippen molar-refractivity contribution in [1.29, 1.82) is 0 Å². The van der Waals surface area contributed by atoms with Crippen LogP contribution in [0, 0.1) is 11.7 Å². The molecule has 1 aromatic rings. The average molecular weight is 236 g/mol. The minimum absolute atomic E-state index is 0.260. The van der Waals surface area contributed by atoms with Crippen LogP contribution in [0.25, 0.3) is 0 Å². The van der Waals surface area contributed by atoms with Crippen LogP contribution in [0.1, 0.15) is 50.8 Å². The summed E-state index contributed by atoms with van der Waals surface area (Å²) < 4.78 is 12.8. The number of aromatic nitrogens is 1. The Balaban J connectivity index is 1.80.